The molecule has 212 valence electrons. The van der Waals surface area contributed by atoms with E-state index in [1.807, 2.05) is 48.5 Å². The number of carbonyl (C=O) groups excluding carboxylic acids is 1. The van der Waals surface area contributed by atoms with Crippen molar-refractivity contribution in [3.63, 3.8) is 0 Å². The van der Waals surface area contributed by atoms with E-state index in [9.17, 15) is 10.1 Å². The summed E-state index contributed by atoms with van der Waals surface area (Å²) in [7, 11) is 2.10. The highest BCUT2D eigenvalue weighted by Crippen LogP contribution is 2.35. The van der Waals surface area contributed by atoms with E-state index in [1.165, 1.54) is 0 Å². The molecule has 1 amide bonds. The van der Waals surface area contributed by atoms with Crippen LogP contribution in [-0.4, -0.2) is 82.6 Å². The summed E-state index contributed by atoms with van der Waals surface area (Å²) in [5.41, 5.74) is 2.14. The second kappa shape index (κ2) is 11.8. The van der Waals surface area contributed by atoms with Crippen molar-refractivity contribution in [2.75, 3.05) is 44.7 Å². The molecular weight excluding hydrogens is 550 g/mol. The lowest BCUT2D eigenvalue weighted by Crippen LogP contribution is -2.55. The van der Waals surface area contributed by atoms with Gasteiger partial charge in [0.15, 0.2) is 5.65 Å². The molecule has 4 aromatic rings. The Morgan fingerprint density at radius 2 is 1.93 bits per heavy atom. The van der Waals surface area contributed by atoms with Crippen molar-refractivity contribution in [1.29, 1.82) is 5.26 Å². The van der Waals surface area contributed by atoms with Gasteiger partial charge in [-0.05, 0) is 55.9 Å². The van der Waals surface area contributed by atoms with E-state index < -0.39 is 5.91 Å². The number of aromatic nitrogens is 3. The third-order valence-corrected chi connectivity index (χ3v) is 8.53. The molecule has 2 aromatic heterocycles. The molecule has 0 bridgehead atoms. The number of halogens is 1. The van der Waals surface area contributed by atoms with Crippen LogP contribution in [0.2, 0.25) is 5.02 Å². The van der Waals surface area contributed by atoms with Crippen LogP contribution in [0.4, 0.5) is 5.82 Å². The minimum Gasteiger partial charge on any atom is -0.462 e. The van der Waals surface area contributed by atoms with Gasteiger partial charge >= 0.3 is 6.01 Å². The van der Waals surface area contributed by atoms with Gasteiger partial charge in [0, 0.05) is 41.6 Å². The molecule has 6 rings (SSSR count). The van der Waals surface area contributed by atoms with Gasteiger partial charge in [-0.25, -0.2) is 4.98 Å². The van der Waals surface area contributed by atoms with Gasteiger partial charge < -0.3 is 19.4 Å². The Labute approximate surface area is 249 Å². The third-order valence-electron chi connectivity index (χ3n) is 8.22. The average Bonchev–Trinajstić information content (AvgIpc) is 3.43. The first kappa shape index (κ1) is 27.7. The number of benzene rings is 2. The number of piperazine rings is 1. The molecule has 2 aliphatic rings. The number of likely N-dealkylation sites (N-methyl/N-ethyl adjacent to an activating group) is 1. The molecule has 0 N–H and O–H groups in total. The quantitative estimate of drug-likeness (QED) is 0.307. The number of fused-ring (bicyclic) bond motifs is 2. The largest absolute Gasteiger partial charge is 0.462 e. The van der Waals surface area contributed by atoms with Crippen LogP contribution in [0.15, 0.2) is 48.5 Å². The van der Waals surface area contributed by atoms with Crippen LogP contribution >= 0.6 is 11.6 Å². The molecule has 0 unspecified atom stereocenters. The molecule has 0 aliphatic carbocycles. The highest BCUT2D eigenvalue weighted by Gasteiger charge is 2.32. The van der Waals surface area contributed by atoms with E-state index in [2.05, 4.69) is 28.8 Å². The first-order valence-electron chi connectivity index (χ1n) is 14.1. The number of nitriles is 1. The molecule has 42 heavy (non-hydrogen) atoms. The molecule has 2 aliphatic heterocycles. The Balaban J connectivity index is 1.42. The zero-order valence-corrected chi connectivity index (χ0v) is 24.1. The lowest BCUT2D eigenvalue weighted by molar-refractivity contribution is -0.127. The minimum absolute atomic E-state index is 0.161. The van der Waals surface area contributed by atoms with E-state index in [-0.39, 0.29) is 18.5 Å². The van der Waals surface area contributed by atoms with Gasteiger partial charge in [-0.2, -0.15) is 15.2 Å². The van der Waals surface area contributed by atoms with Crippen LogP contribution in [0.1, 0.15) is 19.3 Å². The predicted molar refractivity (Wildman–Crippen MR) is 163 cm³/mol. The molecule has 10 heteroatoms. The number of pyridine rings is 1. The van der Waals surface area contributed by atoms with Gasteiger partial charge in [0.05, 0.1) is 29.6 Å². The summed E-state index contributed by atoms with van der Waals surface area (Å²) < 4.78 is 6.19. The fourth-order valence-electron chi connectivity index (χ4n) is 5.98. The lowest BCUT2D eigenvalue weighted by atomic mass is 10.0. The fraction of sp³-hybridized carbons (Fsp3) is 0.344. The minimum atomic E-state index is -0.410. The summed E-state index contributed by atoms with van der Waals surface area (Å²) in [6, 6.07) is 18.2. The number of rotatable bonds is 6. The zero-order chi connectivity index (χ0) is 29.2. The smallest absolute Gasteiger partial charge is 0.320 e. The third kappa shape index (κ3) is 5.30. The van der Waals surface area contributed by atoms with Gasteiger partial charge in [0.1, 0.15) is 12.4 Å². The maximum Gasteiger partial charge on any atom is 0.320 e. The molecular formula is C32H30ClN7O2. The van der Waals surface area contributed by atoms with Crippen LogP contribution in [0.5, 0.6) is 6.01 Å². The summed E-state index contributed by atoms with van der Waals surface area (Å²) in [5.74, 6) is 2.44. The number of amides is 1. The zero-order valence-electron chi connectivity index (χ0n) is 23.3. The second-order valence-corrected chi connectivity index (χ2v) is 11.1. The average molecular weight is 580 g/mol. The van der Waals surface area contributed by atoms with Crippen LogP contribution in [-0.2, 0) is 4.79 Å². The van der Waals surface area contributed by atoms with Crippen LogP contribution in [0, 0.1) is 23.7 Å². The molecule has 4 heterocycles. The Morgan fingerprint density at radius 1 is 1.10 bits per heavy atom. The Kier molecular flexibility index (Phi) is 7.80. The van der Waals surface area contributed by atoms with Crippen molar-refractivity contribution < 1.29 is 9.53 Å². The number of anilines is 1. The topological polar surface area (TPSA) is 98.5 Å². The van der Waals surface area contributed by atoms with Crippen molar-refractivity contribution >= 4 is 45.1 Å². The first-order valence-corrected chi connectivity index (χ1v) is 14.4. The SMILES string of the molecule is C#CC(=O)N1CCN(c2nc(OC[C@@H]3CCCN3C)nc3nc(-c4cccc5cccc(Cl)c45)ccc23)C[C@@H]1CC#N. The van der Waals surface area contributed by atoms with Crippen molar-refractivity contribution in [3.8, 4) is 35.7 Å². The molecule has 2 saturated heterocycles. The van der Waals surface area contributed by atoms with Crippen LogP contribution in [0.25, 0.3) is 33.1 Å². The maximum atomic E-state index is 12.4. The molecule has 0 radical (unpaired) electrons. The second-order valence-electron chi connectivity index (χ2n) is 10.7. The van der Waals surface area contributed by atoms with Crippen molar-refractivity contribution in [2.45, 2.75) is 31.3 Å². The Hall–Kier alpha value is -4.44. The van der Waals surface area contributed by atoms with Gasteiger partial charge in [-0.3, -0.25) is 4.79 Å². The molecule has 2 aromatic carbocycles. The molecule has 9 nitrogen and oxygen atoms in total. The summed E-state index contributed by atoms with van der Waals surface area (Å²) in [4.78, 5) is 32.9. The van der Waals surface area contributed by atoms with Gasteiger partial charge in [-0.15, -0.1) is 6.42 Å². The van der Waals surface area contributed by atoms with E-state index in [4.69, 9.17) is 37.7 Å². The number of terminal acetylenes is 1. The molecule has 0 saturated carbocycles. The number of likely N-dealkylation sites (tertiary alicyclic amines) is 1. The van der Waals surface area contributed by atoms with Crippen molar-refractivity contribution in [3.05, 3.63) is 53.6 Å². The standard InChI is InChI=1S/C32H30ClN7O2/c1-3-28(41)40-18-17-39(19-22(40)14-15-34)31-25-12-13-27(24-10-4-7-21-8-5-11-26(33)29(21)24)35-30(25)36-32(37-31)42-20-23-9-6-16-38(23)2/h1,4-5,7-8,10-13,22-23H,6,9,14,16-20H2,2H3/t22-,23-/m0/s1. The first-order chi connectivity index (χ1) is 20.5. The summed E-state index contributed by atoms with van der Waals surface area (Å²) >= 11 is 6.63. The number of ether oxygens (including phenoxy) is 1. The van der Waals surface area contributed by atoms with Gasteiger partial charge in [-0.1, -0.05) is 41.9 Å². The normalized spacial score (nSPS) is 19.1. The monoisotopic (exact) mass is 579 g/mol. The summed E-state index contributed by atoms with van der Waals surface area (Å²) in [5, 5.41) is 12.8. The summed E-state index contributed by atoms with van der Waals surface area (Å²) in [6.07, 6.45) is 7.76. The van der Waals surface area contributed by atoms with Crippen molar-refractivity contribution in [1.82, 2.24) is 24.8 Å². The van der Waals surface area contributed by atoms with Crippen LogP contribution < -0.4 is 9.64 Å². The van der Waals surface area contributed by atoms with E-state index in [1.54, 1.807) is 4.90 Å². The Bertz CT molecular complexity index is 1740. The lowest BCUT2D eigenvalue weighted by Gasteiger charge is -2.40. The number of hydrogen-bond donors (Lipinski definition) is 0. The van der Waals surface area contributed by atoms with Crippen LogP contribution in [0.3, 0.4) is 0 Å². The van der Waals surface area contributed by atoms with Gasteiger partial charge in [0.2, 0.25) is 0 Å². The van der Waals surface area contributed by atoms with E-state index >= 15 is 0 Å². The molecule has 2 fully saturated rings. The maximum absolute atomic E-state index is 12.4. The Morgan fingerprint density at radius 3 is 2.69 bits per heavy atom. The van der Waals surface area contributed by atoms with Gasteiger partial charge in [0.25, 0.3) is 5.91 Å². The van der Waals surface area contributed by atoms with Crippen molar-refractivity contribution in [2.24, 2.45) is 0 Å². The fourth-order valence-corrected chi connectivity index (χ4v) is 6.26. The highest BCUT2D eigenvalue weighted by atomic mass is 35.5. The molecule has 2 atom stereocenters. The van der Waals surface area contributed by atoms with E-state index in [0.717, 1.165) is 46.8 Å². The molecule has 0 spiro atoms. The number of nitrogens with zero attached hydrogens (tertiary/aromatic N) is 7. The van der Waals surface area contributed by atoms with E-state index in [0.29, 0.717) is 48.8 Å². The highest BCUT2D eigenvalue weighted by molar-refractivity contribution is 6.36. The predicted octanol–water partition coefficient (Wildman–Crippen LogP) is 4.54. The number of carbonyl (C=O) groups is 1. The summed E-state index contributed by atoms with van der Waals surface area (Å²) in [6.45, 7) is 2.79. The number of hydrogen-bond acceptors (Lipinski definition) is 8.